The van der Waals surface area contributed by atoms with Crippen LogP contribution in [0.25, 0.3) is 0 Å². The minimum absolute atomic E-state index is 0.0678. The molecule has 0 atom stereocenters. The van der Waals surface area contributed by atoms with Crippen molar-refractivity contribution < 1.29 is 13.2 Å². The second-order valence-electron chi connectivity index (χ2n) is 5.13. The Hall–Kier alpha value is -1.01. The van der Waals surface area contributed by atoms with E-state index >= 15 is 0 Å². The zero-order chi connectivity index (χ0) is 15.3. The van der Waals surface area contributed by atoms with Gasteiger partial charge in [0.05, 0.1) is 11.5 Å². The molecule has 0 bridgehead atoms. The lowest BCUT2D eigenvalue weighted by Crippen LogP contribution is -2.33. The summed E-state index contributed by atoms with van der Waals surface area (Å²) >= 11 is 1.84. The molecule has 1 aromatic rings. The van der Waals surface area contributed by atoms with Crippen molar-refractivity contribution in [3.8, 4) is 0 Å². The van der Waals surface area contributed by atoms with Gasteiger partial charge < -0.3 is 4.90 Å². The van der Waals surface area contributed by atoms with Crippen molar-refractivity contribution in [2.24, 2.45) is 0 Å². The van der Waals surface area contributed by atoms with Gasteiger partial charge in [-0.1, -0.05) is 19.1 Å². The number of amides is 1. The second-order valence-corrected chi connectivity index (χ2v) is 8.71. The van der Waals surface area contributed by atoms with E-state index in [2.05, 4.69) is 6.92 Å². The summed E-state index contributed by atoms with van der Waals surface area (Å²) in [6, 6.07) is 7.63. The molecule has 1 aromatic carbocycles. The number of carbonyl (C=O) groups is 1. The fourth-order valence-corrected chi connectivity index (χ4v) is 4.19. The van der Waals surface area contributed by atoms with E-state index in [0.717, 1.165) is 11.5 Å². The van der Waals surface area contributed by atoms with Crippen LogP contribution in [0, 0.1) is 0 Å². The van der Waals surface area contributed by atoms with E-state index in [1.807, 2.05) is 36.0 Å². The van der Waals surface area contributed by atoms with Crippen molar-refractivity contribution in [3.63, 3.8) is 0 Å². The Labute approximate surface area is 130 Å². The number of carbonyl (C=O) groups excluding carboxylic acids is 1. The molecule has 6 heteroatoms. The molecule has 4 nitrogen and oxygen atoms in total. The highest BCUT2D eigenvalue weighted by atomic mass is 32.2. The fourth-order valence-electron chi connectivity index (χ4n) is 2.29. The minimum Gasteiger partial charge on any atom is -0.338 e. The molecular weight excluding hydrogens is 306 g/mol. The van der Waals surface area contributed by atoms with Gasteiger partial charge in [0.25, 0.3) is 5.91 Å². The highest BCUT2D eigenvalue weighted by Gasteiger charge is 2.23. The molecule has 1 aliphatic rings. The van der Waals surface area contributed by atoms with Crippen LogP contribution in [0.5, 0.6) is 0 Å². The van der Waals surface area contributed by atoms with Gasteiger partial charge in [-0.3, -0.25) is 4.79 Å². The molecule has 0 unspecified atom stereocenters. The molecule has 0 N–H and O–H groups in total. The molecule has 0 aliphatic carbocycles. The van der Waals surface area contributed by atoms with Gasteiger partial charge in [0.1, 0.15) is 0 Å². The van der Waals surface area contributed by atoms with Crippen molar-refractivity contribution in [1.29, 1.82) is 0 Å². The maximum absolute atomic E-state index is 12.4. The number of hydrogen-bond donors (Lipinski definition) is 0. The van der Waals surface area contributed by atoms with E-state index in [4.69, 9.17) is 0 Å². The third-order valence-corrected chi connectivity index (χ3v) is 6.18. The van der Waals surface area contributed by atoms with Gasteiger partial charge >= 0.3 is 0 Å². The number of thioether (sulfide) groups is 1. The number of hydrogen-bond acceptors (Lipinski definition) is 4. The van der Waals surface area contributed by atoms with Gasteiger partial charge in [-0.15, -0.1) is 0 Å². The maximum atomic E-state index is 12.4. The van der Waals surface area contributed by atoms with Crippen LogP contribution in [0.4, 0.5) is 0 Å². The summed E-state index contributed by atoms with van der Waals surface area (Å²) in [4.78, 5) is 14.1. The molecule has 21 heavy (non-hydrogen) atoms. The van der Waals surface area contributed by atoms with Gasteiger partial charge in [-0.2, -0.15) is 11.8 Å². The second kappa shape index (κ2) is 7.31. The van der Waals surface area contributed by atoms with Crippen LogP contribution in [-0.2, 0) is 15.6 Å². The van der Waals surface area contributed by atoms with Crippen molar-refractivity contribution in [2.45, 2.75) is 19.1 Å². The normalized spacial score (nSPS) is 18.2. The number of rotatable bonds is 4. The topological polar surface area (TPSA) is 54.5 Å². The van der Waals surface area contributed by atoms with Crippen LogP contribution in [0.2, 0.25) is 0 Å². The van der Waals surface area contributed by atoms with Crippen molar-refractivity contribution in [3.05, 3.63) is 35.4 Å². The molecule has 1 fully saturated rings. The van der Waals surface area contributed by atoms with E-state index in [-0.39, 0.29) is 17.4 Å². The summed E-state index contributed by atoms with van der Waals surface area (Å²) in [7, 11) is -2.98. The summed E-state index contributed by atoms with van der Waals surface area (Å²) < 4.78 is 23.2. The number of benzene rings is 1. The number of sulfone groups is 1. The summed E-state index contributed by atoms with van der Waals surface area (Å²) in [5.41, 5.74) is 1.84. The molecule has 1 aliphatic heterocycles. The monoisotopic (exact) mass is 327 g/mol. The predicted molar refractivity (Wildman–Crippen MR) is 87.5 cm³/mol. The summed E-state index contributed by atoms with van der Waals surface area (Å²) in [5.74, 6) is 2.21. The smallest absolute Gasteiger partial charge is 0.253 e. The first-order valence-electron chi connectivity index (χ1n) is 7.18. The van der Waals surface area contributed by atoms with Crippen LogP contribution in [0.1, 0.15) is 29.3 Å². The molecule has 1 heterocycles. The lowest BCUT2D eigenvalue weighted by molar-refractivity contribution is 0.0768. The zero-order valence-electron chi connectivity index (χ0n) is 12.2. The van der Waals surface area contributed by atoms with Crippen molar-refractivity contribution >= 4 is 27.5 Å². The Balaban J connectivity index is 2.02. The van der Waals surface area contributed by atoms with Gasteiger partial charge in [0.15, 0.2) is 9.84 Å². The van der Waals surface area contributed by atoms with Gasteiger partial charge in [-0.25, -0.2) is 8.42 Å². The lowest BCUT2D eigenvalue weighted by atomic mass is 10.1. The Morgan fingerprint density at radius 3 is 2.57 bits per heavy atom. The third-order valence-electron chi connectivity index (χ3n) is 3.52. The molecular formula is C15H21NO3S2. The van der Waals surface area contributed by atoms with Gasteiger partial charge in [0.2, 0.25) is 0 Å². The van der Waals surface area contributed by atoms with E-state index in [0.29, 0.717) is 25.1 Å². The minimum atomic E-state index is -2.98. The Kier molecular flexibility index (Phi) is 5.70. The average molecular weight is 327 g/mol. The van der Waals surface area contributed by atoms with Crippen LogP contribution >= 0.6 is 11.8 Å². The third kappa shape index (κ3) is 4.74. The lowest BCUT2D eigenvalue weighted by Gasteiger charge is -2.19. The first-order chi connectivity index (χ1) is 10.0. The molecule has 0 saturated carbocycles. The van der Waals surface area contributed by atoms with Crippen LogP contribution in [-0.4, -0.2) is 49.6 Å². The average Bonchev–Trinajstić information content (AvgIpc) is 2.66. The molecule has 2 rings (SSSR count). The summed E-state index contributed by atoms with van der Waals surface area (Å²) in [6.07, 6.45) is 0.527. The van der Waals surface area contributed by atoms with Gasteiger partial charge in [-0.05, 0) is 29.9 Å². The standard InChI is InChI=1S/C15H21NO3S2/c1-2-20-12-13-4-6-14(7-5-13)15(17)16-8-3-10-21(18,19)11-9-16/h4-7H,2-3,8-12H2,1H3. The highest BCUT2D eigenvalue weighted by molar-refractivity contribution is 7.98. The molecule has 1 saturated heterocycles. The van der Waals surface area contributed by atoms with Crippen molar-refractivity contribution in [1.82, 2.24) is 4.90 Å². The Morgan fingerprint density at radius 1 is 1.19 bits per heavy atom. The first-order valence-corrected chi connectivity index (χ1v) is 10.2. The Morgan fingerprint density at radius 2 is 1.90 bits per heavy atom. The first kappa shape index (κ1) is 16.4. The van der Waals surface area contributed by atoms with E-state index in [1.165, 1.54) is 5.56 Å². The van der Waals surface area contributed by atoms with Crippen LogP contribution in [0.15, 0.2) is 24.3 Å². The summed E-state index contributed by atoms with van der Waals surface area (Å²) in [5, 5.41) is 0. The number of nitrogens with zero attached hydrogens (tertiary/aromatic N) is 1. The van der Waals surface area contributed by atoms with E-state index in [9.17, 15) is 13.2 Å². The molecule has 0 spiro atoms. The van der Waals surface area contributed by atoms with Crippen LogP contribution < -0.4 is 0 Å². The molecule has 116 valence electrons. The van der Waals surface area contributed by atoms with Gasteiger partial charge in [0, 0.05) is 24.4 Å². The summed E-state index contributed by atoms with van der Waals surface area (Å²) in [6.45, 7) is 2.94. The zero-order valence-corrected chi connectivity index (χ0v) is 13.9. The maximum Gasteiger partial charge on any atom is 0.253 e. The molecule has 0 aromatic heterocycles. The highest BCUT2D eigenvalue weighted by Crippen LogP contribution is 2.15. The SMILES string of the molecule is CCSCc1ccc(C(=O)N2CCCS(=O)(=O)CC2)cc1. The predicted octanol–water partition coefficient (Wildman–Crippen LogP) is 2.20. The van der Waals surface area contributed by atoms with E-state index < -0.39 is 9.84 Å². The molecule has 0 radical (unpaired) electrons. The van der Waals surface area contributed by atoms with Crippen LogP contribution in [0.3, 0.4) is 0 Å². The fraction of sp³-hybridized carbons (Fsp3) is 0.533. The Bertz CT molecular complexity index is 581. The van der Waals surface area contributed by atoms with Crippen molar-refractivity contribution in [2.75, 3.05) is 30.3 Å². The van der Waals surface area contributed by atoms with E-state index in [1.54, 1.807) is 4.90 Å². The molecule has 1 amide bonds. The largest absolute Gasteiger partial charge is 0.338 e. The quantitative estimate of drug-likeness (QED) is 0.851.